The fourth-order valence-corrected chi connectivity index (χ4v) is 1.50. The van der Waals surface area contributed by atoms with Crippen LogP contribution in [-0.2, 0) is 4.79 Å². The summed E-state index contributed by atoms with van der Waals surface area (Å²) >= 11 is 8.94. The van der Waals surface area contributed by atoms with E-state index in [0.717, 1.165) is 0 Å². The van der Waals surface area contributed by atoms with Gasteiger partial charge in [0.25, 0.3) is 5.91 Å². The molecule has 0 aromatic heterocycles. The lowest BCUT2D eigenvalue weighted by atomic mass is 10.2. The van der Waals surface area contributed by atoms with Crippen molar-refractivity contribution in [1.29, 1.82) is 0 Å². The Hall–Kier alpha value is -0.870. The normalized spacial score (nSPS) is 9.57. The van der Waals surface area contributed by atoms with Gasteiger partial charge in [-0.25, -0.2) is 0 Å². The molecule has 1 rings (SSSR count). The highest BCUT2D eigenvalue weighted by molar-refractivity contribution is 9.10. The second-order valence-corrected chi connectivity index (χ2v) is 3.79. The van der Waals surface area contributed by atoms with E-state index in [1.54, 1.807) is 12.1 Å². The molecule has 0 bridgehead atoms. The van der Waals surface area contributed by atoms with Crippen LogP contribution in [0.5, 0.6) is 0 Å². The molecule has 1 aromatic carbocycles. The van der Waals surface area contributed by atoms with E-state index < -0.39 is 0 Å². The monoisotopic (exact) mass is 275 g/mol. The Morgan fingerprint density at radius 3 is 2.93 bits per heavy atom. The van der Waals surface area contributed by atoms with Gasteiger partial charge in [0.2, 0.25) is 0 Å². The van der Waals surface area contributed by atoms with Crippen molar-refractivity contribution in [2.75, 3.05) is 6.54 Å². The average Bonchev–Trinajstić information content (AvgIpc) is 2.18. The second kappa shape index (κ2) is 5.12. The van der Waals surface area contributed by atoms with Gasteiger partial charge in [0.05, 0.1) is 12.1 Å². The van der Waals surface area contributed by atoms with Crippen molar-refractivity contribution in [3.8, 4) is 0 Å². The summed E-state index contributed by atoms with van der Waals surface area (Å²) in [7, 11) is 0. The lowest BCUT2D eigenvalue weighted by molar-refractivity contribution is -0.107. The van der Waals surface area contributed by atoms with Gasteiger partial charge in [-0.2, -0.15) is 0 Å². The van der Waals surface area contributed by atoms with Crippen LogP contribution >= 0.6 is 27.5 Å². The number of aldehydes is 1. The fraction of sp³-hybridized carbons (Fsp3) is 0.111. The highest BCUT2D eigenvalue weighted by Gasteiger charge is 2.09. The van der Waals surface area contributed by atoms with Gasteiger partial charge >= 0.3 is 0 Å². The molecule has 0 aliphatic carbocycles. The number of amides is 1. The van der Waals surface area contributed by atoms with Crippen molar-refractivity contribution in [3.63, 3.8) is 0 Å². The molecule has 0 radical (unpaired) electrons. The third-order valence-corrected chi connectivity index (χ3v) is 2.45. The van der Waals surface area contributed by atoms with Gasteiger partial charge in [-0.1, -0.05) is 11.6 Å². The SMILES string of the molecule is O=CCNC(=O)c1cc(Cl)ccc1Br. The first-order valence-corrected chi connectivity index (χ1v) is 4.99. The largest absolute Gasteiger partial charge is 0.345 e. The van der Waals surface area contributed by atoms with Crippen LogP contribution < -0.4 is 5.32 Å². The van der Waals surface area contributed by atoms with Crippen LogP contribution in [0, 0.1) is 0 Å². The van der Waals surface area contributed by atoms with Crippen molar-refractivity contribution >= 4 is 39.7 Å². The van der Waals surface area contributed by atoms with E-state index in [2.05, 4.69) is 21.2 Å². The van der Waals surface area contributed by atoms with E-state index in [-0.39, 0.29) is 12.5 Å². The topological polar surface area (TPSA) is 46.2 Å². The lowest BCUT2D eigenvalue weighted by Gasteiger charge is -2.04. The summed E-state index contributed by atoms with van der Waals surface area (Å²) in [5.74, 6) is -0.327. The van der Waals surface area contributed by atoms with Crippen LogP contribution in [-0.4, -0.2) is 18.7 Å². The van der Waals surface area contributed by atoms with Gasteiger partial charge in [-0.05, 0) is 34.1 Å². The molecule has 0 atom stereocenters. The third-order valence-electron chi connectivity index (χ3n) is 1.52. The molecule has 14 heavy (non-hydrogen) atoms. The van der Waals surface area contributed by atoms with E-state index in [1.807, 2.05) is 0 Å². The zero-order valence-electron chi connectivity index (χ0n) is 7.09. The summed E-state index contributed by atoms with van der Waals surface area (Å²) in [6, 6.07) is 4.88. The predicted octanol–water partition coefficient (Wildman–Crippen LogP) is 2.03. The Labute approximate surface area is 94.6 Å². The molecule has 0 saturated carbocycles. The molecule has 1 N–H and O–H groups in total. The number of hydrogen-bond donors (Lipinski definition) is 1. The third kappa shape index (κ3) is 2.82. The summed E-state index contributed by atoms with van der Waals surface area (Å²) in [4.78, 5) is 21.5. The Morgan fingerprint density at radius 2 is 2.29 bits per heavy atom. The summed E-state index contributed by atoms with van der Waals surface area (Å²) in [5.41, 5.74) is 0.416. The van der Waals surface area contributed by atoms with Crippen molar-refractivity contribution in [3.05, 3.63) is 33.3 Å². The van der Waals surface area contributed by atoms with Gasteiger partial charge in [0, 0.05) is 9.50 Å². The number of benzene rings is 1. The molecule has 74 valence electrons. The molecule has 1 aromatic rings. The molecule has 0 aliphatic rings. The van der Waals surface area contributed by atoms with Gasteiger partial charge in [-0.3, -0.25) is 4.79 Å². The quantitative estimate of drug-likeness (QED) is 0.859. The predicted molar refractivity (Wildman–Crippen MR) is 57.5 cm³/mol. The first-order valence-electron chi connectivity index (χ1n) is 3.82. The highest BCUT2D eigenvalue weighted by Crippen LogP contribution is 2.20. The Bertz CT molecular complexity index is 368. The number of hydrogen-bond acceptors (Lipinski definition) is 2. The molecule has 3 nitrogen and oxygen atoms in total. The van der Waals surface area contributed by atoms with E-state index in [4.69, 9.17) is 11.6 Å². The Kier molecular flexibility index (Phi) is 4.10. The zero-order chi connectivity index (χ0) is 10.6. The van der Waals surface area contributed by atoms with Gasteiger partial charge in [0.1, 0.15) is 6.29 Å². The lowest BCUT2D eigenvalue weighted by Crippen LogP contribution is -2.25. The minimum atomic E-state index is -0.327. The van der Waals surface area contributed by atoms with Gasteiger partial charge in [-0.15, -0.1) is 0 Å². The molecular weight excluding hydrogens is 269 g/mol. The van der Waals surface area contributed by atoms with Crippen molar-refractivity contribution in [2.24, 2.45) is 0 Å². The second-order valence-electron chi connectivity index (χ2n) is 2.50. The van der Waals surface area contributed by atoms with Crippen LogP contribution in [0.25, 0.3) is 0 Å². The van der Waals surface area contributed by atoms with E-state index in [9.17, 15) is 9.59 Å². The van der Waals surface area contributed by atoms with Crippen LogP contribution in [0.15, 0.2) is 22.7 Å². The molecule has 0 fully saturated rings. The zero-order valence-corrected chi connectivity index (χ0v) is 9.43. The maximum Gasteiger partial charge on any atom is 0.252 e. The molecule has 0 saturated heterocycles. The van der Waals surface area contributed by atoms with Crippen LogP contribution in [0.2, 0.25) is 5.02 Å². The molecule has 0 heterocycles. The number of carbonyl (C=O) groups excluding carboxylic acids is 2. The first kappa shape index (κ1) is 11.2. The molecule has 0 aliphatic heterocycles. The minimum absolute atomic E-state index is 0.00220. The Balaban J connectivity index is 2.88. The molecule has 5 heteroatoms. The van der Waals surface area contributed by atoms with Crippen molar-refractivity contribution < 1.29 is 9.59 Å². The number of nitrogens with one attached hydrogen (secondary N) is 1. The van der Waals surface area contributed by atoms with Crippen molar-refractivity contribution in [2.45, 2.75) is 0 Å². The standard InChI is InChI=1S/C9H7BrClNO2/c10-8-2-1-6(11)5-7(8)9(14)12-3-4-13/h1-2,4-5H,3H2,(H,12,14). The van der Waals surface area contributed by atoms with Crippen LogP contribution in [0.3, 0.4) is 0 Å². The maximum atomic E-state index is 11.4. The average molecular weight is 277 g/mol. The summed E-state index contributed by atoms with van der Waals surface area (Å²) in [6.07, 6.45) is 0.621. The van der Waals surface area contributed by atoms with E-state index in [0.29, 0.717) is 21.3 Å². The summed E-state index contributed by atoms with van der Waals surface area (Å²) in [6.45, 7) is -0.00220. The molecule has 0 spiro atoms. The fourth-order valence-electron chi connectivity index (χ4n) is 0.901. The first-order chi connectivity index (χ1) is 6.65. The summed E-state index contributed by atoms with van der Waals surface area (Å²) < 4.78 is 0.644. The van der Waals surface area contributed by atoms with Crippen LogP contribution in [0.4, 0.5) is 0 Å². The van der Waals surface area contributed by atoms with Crippen molar-refractivity contribution in [1.82, 2.24) is 5.32 Å². The number of rotatable bonds is 3. The molecule has 1 amide bonds. The van der Waals surface area contributed by atoms with Gasteiger partial charge < -0.3 is 10.1 Å². The number of carbonyl (C=O) groups is 2. The van der Waals surface area contributed by atoms with E-state index in [1.165, 1.54) is 6.07 Å². The smallest absolute Gasteiger partial charge is 0.252 e. The molecule has 0 unspecified atom stereocenters. The minimum Gasteiger partial charge on any atom is -0.345 e. The summed E-state index contributed by atoms with van der Waals surface area (Å²) in [5, 5.41) is 2.90. The number of halogens is 2. The van der Waals surface area contributed by atoms with Gasteiger partial charge in [0.15, 0.2) is 0 Å². The maximum absolute atomic E-state index is 11.4. The molecular formula is C9H7BrClNO2. The highest BCUT2D eigenvalue weighted by atomic mass is 79.9. The van der Waals surface area contributed by atoms with E-state index >= 15 is 0 Å². The van der Waals surface area contributed by atoms with Crippen LogP contribution in [0.1, 0.15) is 10.4 Å². The Morgan fingerprint density at radius 1 is 1.57 bits per heavy atom.